The first kappa shape index (κ1) is 20.5. The number of quaternary nitrogens is 1. The summed E-state index contributed by atoms with van der Waals surface area (Å²) in [5.41, 5.74) is 5.37. The fraction of sp³-hybridized carbons (Fsp3) is 0.458. The quantitative estimate of drug-likeness (QED) is 0.688. The fourth-order valence-corrected chi connectivity index (χ4v) is 5.00. The zero-order valence-electron chi connectivity index (χ0n) is 17.2. The van der Waals surface area contributed by atoms with E-state index < -0.39 is 0 Å². The minimum Gasteiger partial charge on any atom is -0.370 e. The molecule has 4 rings (SSSR count). The molecule has 1 amide bonds. The van der Waals surface area contributed by atoms with Crippen LogP contribution in [0.25, 0.3) is 0 Å². The van der Waals surface area contributed by atoms with Gasteiger partial charge < -0.3 is 15.0 Å². The number of thioether (sulfide) groups is 1. The Kier molecular flexibility index (Phi) is 6.90. The molecule has 0 spiro atoms. The predicted octanol–water partition coefficient (Wildman–Crippen LogP) is 2.35. The first-order valence-electron chi connectivity index (χ1n) is 10.7. The Hall–Kier alpha value is -1.82. The third-order valence-electron chi connectivity index (χ3n) is 5.95. The van der Waals surface area contributed by atoms with E-state index in [1.165, 1.54) is 51.3 Å². The minimum absolute atomic E-state index is 0.0387. The zero-order chi connectivity index (χ0) is 20.1. The van der Waals surface area contributed by atoms with Crippen LogP contribution in [0.15, 0.2) is 47.4 Å². The largest absolute Gasteiger partial charge is 0.370 e. The van der Waals surface area contributed by atoms with E-state index in [2.05, 4.69) is 54.7 Å². The maximum atomic E-state index is 12.8. The van der Waals surface area contributed by atoms with E-state index in [0.717, 1.165) is 32.8 Å². The average molecular weight is 412 g/mol. The minimum atomic E-state index is 0.0387. The molecule has 0 radical (unpaired) electrons. The molecule has 154 valence electrons. The molecule has 0 saturated carbocycles. The van der Waals surface area contributed by atoms with Crippen molar-refractivity contribution in [3.05, 3.63) is 64.7 Å². The molecule has 2 N–H and O–H groups in total. The van der Waals surface area contributed by atoms with Crippen LogP contribution in [0.4, 0.5) is 0 Å². The summed E-state index contributed by atoms with van der Waals surface area (Å²) in [6, 6.07) is 15.3. The molecule has 5 heteroatoms. The second-order valence-electron chi connectivity index (χ2n) is 8.17. The van der Waals surface area contributed by atoms with Gasteiger partial charge in [-0.25, -0.2) is 0 Å². The number of amides is 1. The van der Waals surface area contributed by atoms with Crippen molar-refractivity contribution in [1.29, 1.82) is 0 Å². The van der Waals surface area contributed by atoms with Gasteiger partial charge in [-0.3, -0.25) is 4.79 Å². The smallest absolute Gasteiger partial charge is 0.231 e. The number of fused-ring (bicyclic) bond motifs is 1. The van der Waals surface area contributed by atoms with E-state index in [1.807, 2.05) is 0 Å². The van der Waals surface area contributed by atoms with Crippen LogP contribution < -0.4 is 10.2 Å². The van der Waals surface area contributed by atoms with Gasteiger partial charge in [0.15, 0.2) is 0 Å². The lowest BCUT2D eigenvalue weighted by atomic mass is 10.0. The highest BCUT2D eigenvalue weighted by Crippen LogP contribution is 2.27. The van der Waals surface area contributed by atoms with Crippen molar-refractivity contribution in [2.24, 2.45) is 0 Å². The first-order valence-corrected chi connectivity index (χ1v) is 11.7. The molecule has 1 heterocycles. The summed E-state index contributed by atoms with van der Waals surface area (Å²) in [7, 11) is 0. The van der Waals surface area contributed by atoms with Crippen molar-refractivity contribution in [3.63, 3.8) is 0 Å². The molecule has 2 aromatic carbocycles. The van der Waals surface area contributed by atoms with Gasteiger partial charge in [-0.2, -0.15) is 0 Å². The highest BCUT2D eigenvalue weighted by Gasteiger charge is 2.23. The molecule has 2 aromatic rings. The van der Waals surface area contributed by atoms with E-state index >= 15 is 0 Å². The van der Waals surface area contributed by atoms with E-state index in [1.54, 1.807) is 11.8 Å². The SMILES string of the molecule is Cc1ccc([C@H](C[NH+]2CCOCC2)NC(=O)CSc2ccc3c(c2)CCC3)cc1. The standard InChI is InChI=1S/C24H30N2O2S/c1-18-5-7-20(8-6-18)23(16-26-11-13-28-14-12-26)25-24(27)17-29-22-10-9-19-3-2-4-21(19)15-22/h5-10,15,23H,2-4,11-14,16-17H2,1H3,(H,25,27)/p+1/t23-/m0/s1. The number of benzene rings is 2. The molecule has 1 saturated heterocycles. The Morgan fingerprint density at radius 3 is 2.66 bits per heavy atom. The number of nitrogens with one attached hydrogen (secondary N) is 2. The molecule has 0 bridgehead atoms. The van der Waals surface area contributed by atoms with E-state index in [4.69, 9.17) is 4.74 Å². The molecule has 1 aliphatic carbocycles. The van der Waals surface area contributed by atoms with Crippen LogP contribution in [0.5, 0.6) is 0 Å². The molecular weight excluding hydrogens is 380 g/mol. The van der Waals surface area contributed by atoms with Gasteiger partial charge in [0.05, 0.1) is 19.0 Å². The van der Waals surface area contributed by atoms with Crippen LogP contribution in [0.1, 0.15) is 34.7 Å². The molecule has 0 aromatic heterocycles. The van der Waals surface area contributed by atoms with E-state index in [9.17, 15) is 4.79 Å². The number of rotatable bonds is 7. The van der Waals surface area contributed by atoms with Crippen LogP contribution in [0.3, 0.4) is 0 Å². The monoisotopic (exact) mass is 411 g/mol. The number of aryl methyl sites for hydroxylation is 3. The van der Waals surface area contributed by atoms with Crippen LogP contribution in [-0.2, 0) is 22.4 Å². The fourth-order valence-electron chi connectivity index (χ4n) is 4.23. The van der Waals surface area contributed by atoms with Crippen LogP contribution >= 0.6 is 11.8 Å². The summed E-state index contributed by atoms with van der Waals surface area (Å²) in [5, 5.41) is 3.30. The lowest BCUT2D eigenvalue weighted by molar-refractivity contribution is -0.909. The number of morpholine rings is 1. The van der Waals surface area contributed by atoms with Gasteiger partial charge in [0, 0.05) is 4.90 Å². The lowest BCUT2D eigenvalue weighted by Gasteiger charge is -2.28. The molecule has 2 aliphatic rings. The van der Waals surface area contributed by atoms with E-state index in [0.29, 0.717) is 5.75 Å². The lowest BCUT2D eigenvalue weighted by Crippen LogP contribution is -3.14. The van der Waals surface area contributed by atoms with Gasteiger partial charge >= 0.3 is 0 Å². The third-order valence-corrected chi connectivity index (χ3v) is 6.94. The molecule has 1 fully saturated rings. The second-order valence-corrected chi connectivity index (χ2v) is 9.22. The van der Waals surface area contributed by atoms with Crippen molar-refractivity contribution in [2.75, 3.05) is 38.6 Å². The van der Waals surface area contributed by atoms with Crippen molar-refractivity contribution < 1.29 is 14.4 Å². The van der Waals surface area contributed by atoms with Gasteiger partial charge in [0.25, 0.3) is 0 Å². The average Bonchev–Trinajstić information content (AvgIpc) is 3.21. The molecule has 0 unspecified atom stereocenters. The van der Waals surface area contributed by atoms with Crippen molar-refractivity contribution in [2.45, 2.75) is 37.1 Å². The van der Waals surface area contributed by atoms with Crippen LogP contribution in [0.2, 0.25) is 0 Å². The molecule has 4 nitrogen and oxygen atoms in total. The normalized spacial score (nSPS) is 17.7. The van der Waals surface area contributed by atoms with E-state index in [-0.39, 0.29) is 11.9 Å². The van der Waals surface area contributed by atoms with Gasteiger partial charge in [-0.05, 0) is 55.0 Å². The Morgan fingerprint density at radius 2 is 1.86 bits per heavy atom. The number of ether oxygens (including phenoxy) is 1. The summed E-state index contributed by atoms with van der Waals surface area (Å²) in [6.07, 6.45) is 3.63. The summed E-state index contributed by atoms with van der Waals surface area (Å²) in [4.78, 5) is 15.5. The zero-order valence-corrected chi connectivity index (χ0v) is 18.0. The second kappa shape index (κ2) is 9.79. The van der Waals surface area contributed by atoms with Crippen molar-refractivity contribution >= 4 is 17.7 Å². The summed E-state index contributed by atoms with van der Waals surface area (Å²) < 4.78 is 5.49. The molecule has 1 atom stereocenters. The summed E-state index contributed by atoms with van der Waals surface area (Å²) in [5.74, 6) is 0.563. The number of hydrogen-bond acceptors (Lipinski definition) is 3. The number of carbonyl (C=O) groups is 1. The Morgan fingerprint density at radius 1 is 1.10 bits per heavy atom. The Labute approximate surface area is 178 Å². The molecular formula is C24H31N2O2S+. The van der Waals surface area contributed by atoms with Gasteiger partial charge in [0.2, 0.25) is 5.91 Å². The third kappa shape index (κ3) is 5.62. The summed E-state index contributed by atoms with van der Waals surface area (Å²) in [6.45, 7) is 6.61. The Bertz CT molecular complexity index is 831. The number of carbonyl (C=O) groups excluding carboxylic acids is 1. The van der Waals surface area contributed by atoms with Crippen molar-refractivity contribution in [1.82, 2.24) is 5.32 Å². The van der Waals surface area contributed by atoms with Crippen LogP contribution in [-0.4, -0.2) is 44.5 Å². The maximum Gasteiger partial charge on any atom is 0.231 e. The van der Waals surface area contributed by atoms with Gasteiger partial charge in [-0.1, -0.05) is 35.9 Å². The van der Waals surface area contributed by atoms with Gasteiger partial charge in [0.1, 0.15) is 25.7 Å². The highest BCUT2D eigenvalue weighted by molar-refractivity contribution is 8.00. The molecule has 1 aliphatic heterocycles. The Balaban J connectivity index is 1.37. The maximum absolute atomic E-state index is 12.8. The topological polar surface area (TPSA) is 42.8 Å². The van der Waals surface area contributed by atoms with Crippen LogP contribution in [0, 0.1) is 6.92 Å². The predicted molar refractivity (Wildman–Crippen MR) is 118 cm³/mol. The summed E-state index contributed by atoms with van der Waals surface area (Å²) >= 11 is 1.64. The first-order chi connectivity index (χ1) is 14.2. The van der Waals surface area contributed by atoms with Gasteiger partial charge in [-0.15, -0.1) is 11.8 Å². The molecule has 29 heavy (non-hydrogen) atoms. The number of hydrogen-bond donors (Lipinski definition) is 2. The highest BCUT2D eigenvalue weighted by atomic mass is 32.2. The van der Waals surface area contributed by atoms with Crippen molar-refractivity contribution in [3.8, 4) is 0 Å².